The largest absolute Gasteiger partial charge is 0.398 e. The fourth-order valence-corrected chi connectivity index (χ4v) is 3.80. The summed E-state index contributed by atoms with van der Waals surface area (Å²) >= 11 is 1.77. The third kappa shape index (κ3) is 1.69. The van der Waals surface area contributed by atoms with Gasteiger partial charge in [-0.05, 0) is 23.3 Å². The second-order valence-electron chi connectivity index (χ2n) is 4.90. The number of hydrogen-bond acceptors (Lipinski definition) is 2. The van der Waals surface area contributed by atoms with Gasteiger partial charge in [0.1, 0.15) is 0 Å². The molecule has 0 aliphatic rings. The highest BCUT2D eigenvalue weighted by molar-refractivity contribution is 7.26. The van der Waals surface area contributed by atoms with Crippen LogP contribution in [0.5, 0.6) is 0 Å². The Hall–Kier alpha value is -2.32. The average molecular weight is 275 g/mol. The molecule has 0 bridgehead atoms. The maximum Gasteiger partial charge on any atom is 0.0584 e. The summed E-state index contributed by atoms with van der Waals surface area (Å²) in [5, 5.41) is 2.54. The highest BCUT2D eigenvalue weighted by Crippen LogP contribution is 2.38. The summed E-state index contributed by atoms with van der Waals surface area (Å²) in [6.07, 6.45) is 0. The van der Waals surface area contributed by atoms with E-state index in [2.05, 4.69) is 48.5 Å². The number of nitrogen functional groups attached to an aromatic ring is 1. The van der Waals surface area contributed by atoms with Crippen molar-refractivity contribution >= 4 is 37.2 Å². The molecule has 1 nitrogen and oxygen atoms in total. The van der Waals surface area contributed by atoms with Crippen LogP contribution in [0.25, 0.3) is 31.3 Å². The molecule has 4 rings (SSSR count). The lowest BCUT2D eigenvalue weighted by Gasteiger charge is -2.01. The van der Waals surface area contributed by atoms with Crippen LogP contribution in [0, 0.1) is 0 Å². The molecule has 1 aromatic heterocycles. The summed E-state index contributed by atoms with van der Waals surface area (Å²) in [5.74, 6) is 0. The molecule has 0 fully saturated rings. The maximum atomic E-state index is 6.08. The quantitative estimate of drug-likeness (QED) is 0.468. The summed E-state index contributed by atoms with van der Waals surface area (Å²) in [5.41, 5.74) is 9.45. The fraction of sp³-hybridized carbons (Fsp3) is 0. The first kappa shape index (κ1) is 11.5. The summed E-state index contributed by atoms with van der Waals surface area (Å²) < 4.78 is 2.48. The van der Waals surface area contributed by atoms with Gasteiger partial charge in [0.25, 0.3) is 0 Å². The predicted octanol–water partition coefficient (Wildman–Crippen LogP) is 5.30. The van der Waals surface area contributed by atoms with Crippen molar-refractivity contribution in [3.63, 3.8) is 0 Å². The Morgan fingerprint density at radius 3 is 2.40 bits per heavy atom. The number of rotatable bonds is 1. The molecule has 3 aromatic carbocycles. The molecule has 0 atom stereocenters. The van der Waals surface area contributed by atoms with E-state index in [1.54, 1.807) is 11.3 Å². The lowest BCUT2D eigenvalue weighted by molar-refractivity contribution is 1.66. The molecular formula is C18H13NS. The normalized spacial score (nSPS) is 11.2. The van der Waals surface area contributed by atoms with E-state index in [-0.39, 0.29) is 0 Å². The third-order valence-electron chi connectivity index (χ3n) is 3.64. The summed E-state index contributed by atoms with van der Waals surface area (Å²) in [7, 11) is 0. The van der Waals surface area contributed by atoms with Crippen molar-refractivity contribution in [2.24, 2.45) is 0 Å². The van der Waals surface area contributed by atoms with E-state index in [1.165, 1.54) is 31.3 Å². The van der Waals surface area contributed by atoms with Crippen LogP contribution in [-0.2, 0) is 0 Å². The number of thiophene rings is 1. The van der Waals surface area contributed by atoms with Gasteiger partial charge in [-0.3, -0.25) is 0 Å². The minimum atomic E-state index is 0.866. The Morgan fingerprint density at radius 1 is 0.700 bits per heavy atom. The molecule has 20 heavy (non-hydrogen) atoms. The zero-order chi connectivity index (χ0) is 13.5. The highest BCUT2D eigenvalue weighted by Gasteiger charge is 2.08. The second-order valence-corrected chi connectivity index (χ2v) is 5.96. The summed E-state index contributed by atoms with van der Waals surface area (Å²) in [6, 6.07) is 23.3. The van der Waals surface area contributed by atoms with Gasteiger partial charge < -0.3 is 5.73 Å². The minimum absolute atomic E-state index is 0.866. The molecule has 2 heteroatoms. The van der Waals surface area contributed by atoms with Crippen LogP contribution >= 0.6 is 11.3 Å². The predicted molar refractivity (Wildman–Crippen MR) is 89.2 cm³/mol. The zero-order valence-electron chi connectivity index (χ0n) is 10.8. The van der Waals surface area contributed by atoms with Gasteiger partial charge in [0, 0.05) is 21.2 Å². The zero-order valence-corrected chi connectivity index (χ0v) is 11.7. The van der Waals surface area contributed by atoms with E-state index in [0.717, 1.165) is 5.69 Å². The Morgan fingerprint density at radius 2 is 1.55 bits per heavy atom. The number of anilines is 1. The molecule has 1 heterocycles. The SMILES string of the molecule is Nc1cccc2c1sc1cc(-c3ccccc3)ccc12. The van der Waals surface area contributed by atoms with E-state index in [1.807, 2.05) is 18.2 Å². The molecule has 0 radical (unpaired) electrons. The molecule has 2 N–H and O–H groups in total. The van der Waals surface area contributed by atoms with Crippen LogP contribution < -0.4 is 5.73 Å². The lowest BCUT2D eigenvalue weighted by Crippen LogP contribution is -1.82. The number of benzene rings is 3. The van der Waals surface area contributed by atoms with Crippen LogP contribution in [-0.4, -0.2) is 0 Å². The van der Waals surface area contributed by atoms with Crippen molar-refractivity contribution < 1.29 is 0 Å². The van der Waals surface area contributed by atoms with Crippen molar-refractivity contribution in [3.05, 3.63) is 66.7 Å². The smallest absolute Gasteiger partial charge is 0.0584 e. The van der Waals surface area contributed by atoms with E-state index in [9.17, 15) is 0 Å². The number of fused-ring (bicyclic) bond motifs is 3. The number of hydrogen-bond donors (Lipinski definition) is 1. The number of nitrogens with two attached hydrogens (primary N) is 1. The fourth-order valence-electron chi connectivity index (χ4n) is 2.63. The first-order chi connectivity index (χ1) is 9.83. The summed E-state index contributed by atoms with van der Waals surface area (Å²) in [4.78, 5) is 0. The molecule has 0 aliphatic carbocycles. The average Bonchev–Trinajstić information content (AvgIpc) is 2.87. The molecule has 0 aliphatic heterocycles. The molecule has 0 saturated heterocycles. The van der Waals surface area contributed by atoms with Gasteiger partial charge in [0.05, 0.1) is 4.70 Å². The van der Waals surface area contributed by atoms with Gasteiger partial charge in [0.15, 0.2) is 0 Å². The van der Waals surface area contributed by atoms with E-state index >= 15 is 0 Å². The van der Waals surface area contributed by atoms with Gasteiger partial charge in [-0.15, -0.1) is 11.3 Å². The van der Waals surface area contributed by atoms with Crippen LogP contribution in [0.1, 0.15) is 0 Å². The molecule has 0 unspecified atom stereocenters. The van der Waals surface area contributed by atoms with E-state index in [4.69, 9.17) is 5.73 Å². The molecule has 0 amide bonds. The van der Waals surface area contributed by atoms with E-state index in [0.29, 0.717) is 0 Å². The molecule has 96 valence electrons. The standard InChI is InChI=1S/C18H13NS/c19-16-8-4-7-15-14-10-9-13(11-17(14)20-18(15)16)12-5-2-1-3-6-12/h1-11H,19H2. The van der Waals surface area contributed by atoms with Crippen LogP contribution in [0.4, 0.5) is 5.69 Å². The minimum Gasteiger partial charge on any atom is -0.398 e. The Kier molecular flexibility index (Phi) is 2.51. The Bertz CT molecular complexity index is 907. The van der Waals surface area contributed by atoms with Gasteiger partial charge in [-0.2, -0.15) is 0 Å². The van der Waals surface area contributed by atoms with Gasteiger partial charge in [-0.1, -0.05) is 54.6 Å². The first-order valence-corrected chi connectivity index (χ1v) is 7.41. The molecule has 0 spiro atoms. The van der Waals surface area contributed by atoms with Gasteiger partial charge in [-0.25, -0.2) is 0 Å². The van der Waals surface area contributed by atoms with Crippen molar-refractivity contribution in [1.29, 1.82) is 0 Å². The lowest BCUT2D eigenvalue weighted by atomic mass is 10.0. The van der Waals surface area contributed by atoms with E-state index < -0.39 is 0 Å². The summed E-state index contributed by atoms with van der Waals surface area (Å²) in [6.45, 7) is 0. The second kappa shape index (κ2) is 4.36. The van der Waals surface area contributed by atoms with Crippen LogP contribution in [0.2, 0.25) is 0 Å². The Balaban J connectivity index is 2.01. The van der Waals surface area contributed by atoms with Crippen LogP contribution in [0.15, 0.2) is 66.7 Å². The van der Waals surface area contributed by atoms with Gasteiger partial charge >= 0.3 is 0 Å². The molecular weight excluding hydrogens is 262 g/mol. The van der Waals surface area contributed by atoms with Crippen molar-refractivity contribution in [3.8, 4) is 11.1 Å². The van der Waals surface area contributed by atoms with Crippen LogP contribution in [0.3, 0.4) is 0 Å². The van der Waals surface area contributed by atoms with Crippen molar-refractivity contribution in [2.75, 3.05) is 5.73 Å². The highest BCUT2D eigenvalue weighted by atomic mass is 32.1. The first-order valence-electron chi connectivity index (χ1n) is 6.59. The molecule has 0 saturated carbocycles. The topological polar surface area (TPSA) is 26.0 Å². The van der Waals surface area contributed by atoms with Crippen molar-refractivity contribution in [2.45, 2.75) is 0 Å². The third-order valence-corrected chi connectivity index (χ3v) is 4.85. The Labute approximate surface area is 121 Å². The molecule has 4 aromatic rings. The van der Waals surface area contributed by atoms with Crippen molar-refractivity contribution in [1.82, 2.24) is 0 Å². The monoisotopic (exact) mass is 275 g/mol. The van der Waals surface area contributed by atoms with Gasteiger partial charge in [0.2, 0.25) is 0 Å². The maximum absolute atomic E-state index is 6.08.